The monoisotopic (exact) mass is 219 g/mol. The van der Waals surface area contributed by atoms with Crippen LogP contribution in [0.25, 0.3) is 0 Å². The first-order valence-electron chi connectivity index (χ1n) is 5.89. The van der Waals surface area contributed by atoms with E-state index >= 15 is 0 Å². The molecular formula is C13H17NO2. The molecule has 2 fully saturated rings. The van der Waals surface area contributed by atoms with Crippen LogP contribution in [0.3, 0.4) is 0 Å². The normalized spacial score (nSPS) is 32.7. The molecule has 2 aliphatic rings. The summed E-state index contributed by atoms with van der Waals surface area (Å²) in [6.45, 7) is 3.33. The van der Waals surface area contributed by atoms with E-state index in [1.807, 2.05) is 18.2 Å². The van der Waals surface area contributed by atoms with Gasteiger partial charge in [0.2, 0.25) is 0 Å². The maximum Gasteiger partial charge on any atom is 0.120 e. The van der Waals surface area contributed by atoms with E-state index in [1.165, 1.54) is 0 Å². The van der Waals surface area contributed by atoms with E-state index in [1.54, 1.807) is 6.07 Å². The molecule has 1 saturated heterocycles. The fraction of sp³-hybridized carbons (Fsp3) is 0.538. The molecule has 1 saturated carbocycles. The van der Waals surface area contributed by atoms with Gasteiger partial charge in [0.25, 0.3) is 0 Å². The standard InChI is InChI=1S/C13H17NO2/c15-8-12-10-6-14(7-11(10)12)5-9-3-1-2-4-13(9)16/h1-4,10-12,15-16H,5-8H2. The lowest BCUT2D eigenvalue weighted by atomic mass is 10.2. The third-order valence-electron chi connectivity index (χ3n) is 4.04. The van der Waals surface area contributed by atoms with Crippen molar-refractivity contribution >= 4 is 0 Å². The number of aliphatic hydroxyl groups excluding tert-OH is 1. The van der Waals surface area contributed by atoms with E-state index in [9.17, 15) is 5.11 Å². The molecule has 1 aliphatic heterocycles. The summed E-state index contributed by atoms with van der Waals surface area (Å²) in [7, 11) is 0. The van der Waals surface area contributed by atoms with E-state index < -0.39 is 0 Å². The Balaban J connectivity index is 1.60. The molecule has 0 amide bonds. The third kappa shape index (κ3) is 1.60. The number of fused-ring (bicyclic) bond motifs is 1. The number of piperidine rings is 1. The molecule has 1 aromatic rings. The molecule has 1 aromatic carbocycles. The number of aliphatic hydroxyl groups is 1. The molecular weight excluding hydrogens is 202 g/mol. The topological polar surface area (TPSA) is 43.7 Å². The van der Waals surface area contributed by atoms with Gasteiger partial charge in [-0.25, -0.2) is 0 Å². The Hall–Kier alpha value is -1.06. The summed E-state index contributed by atoms with van der Waals surface area (Å²) in [4.78, 5) is 2.37. The molecule has 2 N–H and O–H groups in total. The summed E-state index contributed by atoms with van der Waals surface area (Å²) >= 11 is 0. The molecule has 0 bridgehead atoms. The fourth-order valence-corrected chi connectivity index (χ4v) is 3.02. The van der Waals surface area contributed by atoms with Crippen molar-refractivity contribution in [3.05, 3.63) is 29.8 Å². The molecule has 3 rings (SSSR count). The maximum absolute atomic E-state index is 9.68. The summed E-state index contributed by atoms with van der Waals surface area (Å²) < 4.78 is 0. The number of likely N-dealkylation sites (tertiary alicyclic amines) is 1. The number of nitrogens with zero attached hydrogens (tertiary/aromatic N) is 1. The van der Waals surface area contributed by atoms with Crippen LogP contribution < -0.4 is 0 Å². The first kappa shape index (κ1) is 10.1. The molecule has 2 atom stereocenters. The molecule has 86 valence electrons. The average molecular weight is 219 g/mol. The highest BCUT2D eigenvalue weighted by Crippen LogP contribution is 2.51. The minimum Gasteiger partial charge on any atom is -0.508 e. The predicted molar refractivity (Wildman–Crippen MR) is 60.9 cm³/mol. The second-order valence-corrected chi connectivity index (χ2v) is 5.00. The van der Waals surface area contributed by atoms with Crippen molar-refractivity contribution in [2.24, 2.45) is 17.8 Å². The molecule has 3 nitrogen and oxygen atoms in total. The second-order valence-electron chi connectivity index (χ2n) is 5.00. The van der Waals surface area contributed by atoms with Gasteiger partial charge < -0.3 is 10.2 Å². The Kier molecular flexibility index (Phi) is 2.37. The van der Waals surface area contributed by atoms with Crippen LogP contribution in [0.2, 0.25) is 0 Å². The number of benzene rings is 1. The zero-order valence-corrected chi connectivity index (χ0v) is 9.21. The van der Waals surface area contributed by atoms with Gasteiger partial charge in [-0.05, 0) is 23.8 Å². The van der Waals surface area contributed by atoms with E-state index in [-0.39, 0.29) is 0 Å². The quantitative estimate of drug-likeness (QED) is 0.799. The number of rotatable bonds is 3. The highest BCUT2D eigenvalue weighted by atomic mass is 16.3. The molecule has 0 aromatic heterocycles. The Morgan fingerprint density at radius 2 is 1.88 bits per heavy atom. The summed E-state index contributed by atoms with van der Waals surface area (Å²) in [5, 5.41) is 18.8. The number of phenols is 1. The lowest BCUT2D eigenvalue weighted by Gasteiger charge is -2.19. The smallest absolute Gasteiger partial charge is 0.120 e. The lowest BCUT2D eigenvalue weighted by molar-refractivity contribution is 0.216. The van der Waals surface area contributed by atoms with Gasteiger partial charge in [-0.2, -0.15) is 0 Å². The molecule has 2 unspecified atom stereocenters. The van der Waals surface area contributed by atoms with Crippen molar-refractivity contribution in [3.8, 4) is 5.75 Å². The largest absolute Gasteiger partial charge is 0.508 e. The molecule has 3 heteroatoms. The van der Waals surface area contributed by atoms with Gasteiger partial charge in [-0.1, -0.05) is 18.2 Å². The van der Waals surface area contributed by atoms with Crippen LogP contribution in [-0.2, 0) is 6.54 Å². The molecule has 1 heterocycles. The van der Waals surface area contributed by atoms with Gasteiger partial charge in [0.15, 0.2) is 0 Å². The van der Waals surface area contributed by atoms with Crippen LogP contribution in [-0.4, -0.2) is 34.8 Å². The summed E-state index contributed by atoms with van der Waals surface area (Å²) in [6, 6.07) is 7.52. The lowest BCUT2D eigenvalue weighted by Crippen LogP contribution is -2.24. The third-order valence-corrected chi connectivity index (χ3v) is 4.04. The Morgan fingerprint density at radius 3 is 2.50 bits per heavy atom. The molecule has 0 radical (unpaired) electrons. The van der Waals surface area contributed by atoms with Gasteiger partial charge in [-0.3, -0.25) is 4.90 Å². The SMILES string of the molecule is OCC1C2CN(Cc3ccccc3O)CC12. The molecule has 1 aliphatic carbocycles. The highest BCUT2D eigenvalue weighted by molar-refractivity contribution is 5.31. The van der Waals surface area contributed by atoms with Gasteiger partial charge in [0.05, 0.1) is 0 Å². The van der Waals surface area contributed by atoms with Crippen molar-refractivity contribution in [3.63, 3.8) is 0 Å². The van der Waals surface area contributed by atoms with Crippen molar-refractivity contribution in [1.82, 2.24) is 4.90 Å². The predicted octanol–water partition coefficient (Wildman–Crippen LogP) is 1.06. The zero-order valence-electron chi connectivity index (χ0n) is 9.21. The van der Waals surface area contributed by atoms with Gasteiger partial charge in [-0.15, -0.1) is 0 Å². The van der Waals surface area contributed by atoms with Crippen molar-refractivity contribution in [2.75, 3.05) is 19.7 Å². The molecule has 0 spiro atoms. The van der Waals surface area contributed by atoms with Crippen LogP contribution in [0.15, 0.2) is 24.3 Å². The fourth-order valence-electron chi connectivity index (χ4n) is 3.02. The first-order valence-corrected chi connectivity index (χ1v) is 5.89. The van der Waals surface area contributed by atoms with E-state index in [2.05, 4.69) is 4.90 Å². The van der Waals surface area contributed by atoms with Gasteiger partial charge in [0, 0.05) is 31.8 Å². The summed E-state index contributed by atoms with van der Waals surface area (Å²) in [6.07, 6.45) is 0. The second kappa shape index (κ2) is 3.75. The van der Waals surface area contributed by atoms with Crippen LogP contribution in [0.4, 0.5) is 0 Å². The maximum atomic E-state index is 9.68. The number of phenolic OH excluding ortho intramolecular Hbond substituents is 1. The first-order chi connectivity index (χ1) is 7.79. The van der Waals surface area contributed by atoms with Crippen LogP contribution in [0, 0.1) is 17.8 Å². The highest BCUT2D eigenvalue weighted by Gasteiger charge is 2.54. The summed E-state index contributed by atoms with van der Waals surface area (Å²) in [5.41, 5.74) is 1.00. The van der Waals surface area contributed by atoms with Crippen LogP contribution >= 0.6 is 0 Å². The summed E-state index contributed by atoms with van der Waals surface area (Å²) in [5.74, 6) is 2.36. The minimum atomic E-state index is 0.347. The number of hydrogen-bond acceptors (Lipinski definition) is 3. The van der Waals surface area contributed by atoms with E-state index in [4.69, 9.17) is 5.11 Å². The van der Waals surface area contributed by atoms with Crippen LogP contribution in [0.5, 0.6) is 5.75 Å². The van der Waals surface area contributed by atoms with Crippen molar-refractivity contribution in [2.45, 2.75) is 6.54 Å². The van der Waals surface area contributed by atoms with Gasteiger partial charge in [0.1, 0.15) is 5.75 Å². The Labute approximate surface area is 95.3 Å². The van der Waals surface area contributed by atoms with E-state index in [0.717, 1.165) is 25.2 Å². The van der Waals surface area contributed by atoms with Gasteiger partial charge >= 0.3 is 0 Å². The molecule has 16 heavy (non-hydrogen) atoms. The van der Waals surface area contributed by atoms with Crippen molar-refractivity contribution in [1.29, 1.82) is 0 Å². The number of aromatic hydroxyl groups is 1. The average Bonchev–Trinajstić information content (AvgIpc) is 2.76. The van der Waals surface area contributed by atoms with E-state index in [0.29, 0.717) is 30.1 Å². The van der Waals surface area contributed by atoms with Crippen molar-refractivity contribution < 1.29 is 10.2 Å². The number of para-hydroxylation sites is 1. The van der Waals surface area contributed by atoms with Crippen LogP contribution in [0.1, 0.15) is 5.56 Å². The number of hydrogen-bond donors (Lipinski definition) is 2. The Morgan fingerprint density at radius 1 is 1.19 bits per heavy atom. The zero-order chi connectivity index (χ0) is 11.1. The Bertz CT molecular complexity index is 381. The minimum absolute atomic E-state index is 0.347.